The first-order valence-corrected chi connectivity index (χ1v) is 9.12. The van der Waals surface area contributed by atoms with Crippen LogP contribution in [-0.2, 0) is 20.9 Å². The summed E-state index contributed by atoms with van der Waals surface area (Å²) in [4.78, 5) is 27.6. The third-order valence-electron chi connectivity index (χ3n) is 4.56. The highest BCUT2D eigenvalue weighted by Gasteiger charge is 2.14. The van der Waals surface area contributed by atoms with E-state index in [1.54, 1.807) is 13.1 Å². The zero-order valence-corrected chi connectivity index (χ0v) is 17.2. The molecule has 0 saturated carbocycles. The Bertz CT molecular complexity index is 816. The molecule has 0 N–H and O–H groups in total. The summed E-state index contributed by atoms with van der Waals surface area (Å²) in [5.41, 5.74) is 4.16. The van der Waals surface area contributed by atoms with E-state index in [1.165, 1.54) is 4.90 Å². The van der Waals surface area contributed by atoms with Gasteiger partial charge < -0.3 is 19.3 Å². The van der Waals surface area contributed by atoms with E-state index in [4.69, 9.17) is 9.47 Å². The van der Waals surface area contributed by atoms with Crippen LogP contribution in [-0.4, -0.2) is 51.1 Å². The Kier molecular flexibility index (Phi) is 7.44. The van der Waals surface area contributed by atoms with E-state index < -0.39 is 5.97 Å². The Labute approximate surface area is 166 Å². The third-order valence-corrected chi connectivity index (χ3v) is 4.56. The molecule has 150 valence electrons. The Balaban J connectivity index is 1.77. The SMILES string of the molecule is Cc1cccc(OCC(=O)OCC(=O)N(C)Cc2ccc(N(C)C)cc2)c1C. The van der Waals surface area contributed by atoms with Gasteiger partial charge in [-0.3, -0.25) is 4.79 Å². The predicted octanol–water partition coefficient (Wildman–Crippen LogP) is 2.95. The van der Waals surface area contributed by atoms with Gasteiger partial charge in [-0.25, -0.2) is 4.79 Å². The van der Waals surface area contributed by atoms with Crippen molar-refractivity contribution < 1.29 is 19.1 Å². The molecule has 0 unspecified atom stereocenters. The highest BCUT2D eigenvalue weighted by molar-refractivity contribution is 5.80. The molecular formula is C22H28N2O4. The summed E-state index contributed by atoms with van der Waals surface area (Å²) in [6, 6.07) is 13.6. The molecule has 0 fully saturated rings. The van der Waals surface area contributed by atoms with Gasteiger partial charge in [-0.1, -0.05) is 24.3 Å². The number of rotatable bonds is 8. The van der Waals surface area contributed by atoms with Crippen LogP contribution in [0.1, 0.15) is 16.7 Å². The van der Waals surface area contributed by atoms with E-state index in [9.17, 15) is 9.59 Å². The lowest BCUT2D eigenvalue weighted by Gasteiger charge is -2.18. The summed E-state index contributed by atoms with van der Waals surface area (Å²) in [7, 11) is 5.63. The zero-order chi connectivity index (χ0) is 20.7. The second-order valence-corrected chi connectivity index (χ2v) is 6.96. The van der Waals surface area contributed by atoms with Gasteiger partial charge in [0.25, 0.3) is 5.91 Å². The first-order valence-electron chi connectivity index (χ1n) is 9.12. The van der Waals surface area contributed by atoms with Crippen molar-refractivity contribution in [2.45, 2.75) is 20.4 Å². The van der Waals surface area contributed by atoms with Crippen molar-refractivity contribution in [3.8, 4) is 5.75 Å². The number of anilines is 1. The number of nitrogens with zero attached hydrogens (tertiary/aromatic N) is 2. The molecule has 1 amide bonds. The maximum absolute atomic E-state index is 12.2. The molecule has 28 heavy (non-hydrogen) atoms. The molecule has 0 aromatic heterocycles. The topological polar surface area (TPSA) is 59.1 Å². The minimum absolute atomic E-state index is 0.229. The number of carbonyl (C=O) groups excluding carboxylic acids is 2. The van der Waals surface area contributed by atoms with E-state index in [0.29, 0.717) is 12.3 Å². The van der Waals surface area contributed by atoms with Gasteiger partial charge in [0.2, 0.25) is 0 Å². The first-order chi connectivity index (χ1) is 13.3. The second-order valence-electron chi connectivity index (χ2n) is 6.96. The molecule has 0 aliphatic rings. The highest BCUT2D eigenvalue weighted by Crippen LogP contribution is 2.20. The van der Waals surface area contributed by atoms with Crippen LogP contribution in [0.4, 0.5) is 5.69 Å². The molecule has 0 bridgehead atoms. The molecule has 0 saturated heterocycles. The Morgan fingerprint density at radius 2 is 1.61 bits per heavy atom. The Morgan fingerprint density at radius 1 is 0.929 bits per heavy atom. The molecular weight excluding hydrogens is 356 g/mol. The van der Waals surface area contributed by atoms with Crippen molar-refractivity contribution in [2.75, 3.05) is 39.3 Å². The fourth-order valence-electron chi connectivity index (χ4n) is 2.57. The molecule has 0 spiro atoms. The van der Waals surface area contributed by atoms with E-state index in [-0.39, 0.29) is 19.1 Å². The van der Waals surface area contributed by atoms with Crippen molar-refractivity contribution in [3.05, 3.63) is 59.2 Å². The number of ether oxygens (including phenoxy) is 2. The largest absolute Gasteiger partial charge is 0.482 e. The highest BCUT2D eigenvalue weighted by atomic mass is 16.6. The fourth-order valence-corrected chi connectivity index (χ4v) is 2.57. The lowest BCUT2D eigenvalue weighted by molar-refractivity contribution is -0.153. The number of benzene rings is 2. The van der Waals surface area contributed by atoms with Crippen molar-refractivity contribution in [1.82, 2.24) is 4.90 Å². The second kappa shape index (κ2) is 9.78. The minimum Gasteiger partial charge on any atom is -0.482 e. The van der Waals surface area contributed by atoms with E-state index >= 15 is 0 Å². The monoisotopic (exact) mass is 384 g/mol. The molecule has 0 heterocycles. The summed E-state index contributed by atoms with van der Waals surface area (Å²) in [5, 5.41) is 0. The molecule has 0 radical (unpaired) electrons. The van der Waals surface area contributed by atoms with Gasteiger partial charge in [-0.2, -0.15) is 0 Å². The first kappa shape index (κ1) is 21.3. The molecule has 2 rings (SSSR count). The van der Waals surface area contributed by atoms with Gasteiger partial charge in [0.1, 0.15) is 5.75 Å². The van der Waals surface area contributed by atoms with Crippen molar-refractivity contribution >= 4 is 17.6 Å². The van der Waals surface area contributed by atoms with Crippen molar-refractivity contribution in [2.24, 2.45) is 0 Å². The quantitative estimate of drug-likeness (QED) is 0.655. The van der Waals surface area contributed by atoms with Crippen LogP contribution in [0.2, 0.25) is 0 Å². The summed E-state index contributed by atoms with van der Waals surface area (Å²) in [6.45, 7) is 3.82. The molecule has 2 aromatic rings. The summed E-state index contributed by atoms with van der Waals surface area (Å²) >= 11 is 0. The Hall–Kier alpha value is -3.02. The zero-order valence-electron chi connectivity index (χ0n) is 17.2. The Morgan fingerprint density at radius 3 is 2.25 bits per heavy atom. The van der Waals surface area contributed by atoms with E-state index in [0.717, 1.165) is 22.4 Å². The maximum Gasteiger partial charge on any atom is 0.344 e. The predicted molar refractivity (Wildman–Crippen MR) is 110 cm³/mol. The van der Waals surface area contributed by atoms with Crippen molar-refractivity contribution in [1.29, 1.82) is 0 Å². The van der Waals surface area contributed by atoms with Crippen LogP contribution in [0.15, 0.2) is 42.5 Å². The van der Waals surface area contributed by atoms with E-state index in [1.807, 2.05) is 69.2 Å². The number of amides is 1. The van der Waals surface area contributed by atoms with Gasteiger partial charge in [-0.15, -0.1) is 0 Å². The number of hydrogen-bond donors (Lipinski definition) is 0. The maximum atomic E-state index is 12.2. The van der Waals surface area contributed by atoms with Crippen LogP contribution < -0.4 is 9.64 Å². The normalized spacial score (nSPS) is 10.3. The average molecular weight is 384 g/mol. The number of carbonyl (C=O) groups is 2. The average Bonchev–Trinajstić information content (AvgIpc) is 2.67. The number of aryl methyl sites for hydroxylation is 1. The summed E-state index contributed by atoms with van der Waals surface area (Å²) in [6.07, 6.45) is 0. The lowest BCUT2D eigenvalue weighted by Crippen LogP contribution is -2.31. The van der Waals surface area contributed by atoms with Crippen molar-refractivity contribution in [3.63, 3.8) is 0 Å². The van der Waals surface area contributed by atoms with E-state index in [2.05, 4.69) is 0 Å². The fraction of sp³-hybridized carbons (Fsp3) is 0.364. The van der Waals surface area contributed by atoms with Gasteiger partial charge in [0.05, 0.1) is 0 Å². The number of likely N-dealkylation sites (N-methyl/N-ethyl adjacent to an activating group) is 1. The van der Waals surface area contributed by atoms with Gasteiger partial charge in [0, 0.05) is 33.4 Å². The van der Waals surface area contributed by atoms with Crippen LogP contribution in [0, 0.1) is 13.8 Å². The number of esters is 1. The summed E-state index contributed by atoms with van der Waals surface area (Å²) in [5.74, 6) is -0.198. The van der Waals surface area contributed by atoms with Crippen LogP contribution in [0.25, 0.3) is 0 Å². The molecule has 0 aliphatic heterocycles. The summed E-state index contributed by atoms with van der Waals surface area (Å²) < 4.78 is 10.5. The smallest absolute Gasteiger partial charge is 0.344 e. The lowest BCUT2D eigenvalue weighted by atomic mass is 10.1. The van der Waals surface area contributed by atoms with Crippen LogP contribution in [0.3, 0.4) is 0 Å². The van der Waals surface area contributed by atoms with Crippen LogP contribution >= 0.6 is 0 Å². The third kappa shape index (κ3) is 6.01. The van der Waals surface area contributed by atoms with Gasteiger partial charge >= 0.3 is 5.97 Å². The minimum atomic E-state index is -0.571. The standard InChI is InChI=1S/C22H28N2O4/c1-16-7-6-8-20(17(16)2)27-15-22(26)28-14-21(25)24(5)13-18-9-11-19(12-10-18)23(3)4/h6-12H,13-15H2,1-5H3. The molecule has 2 aromatic carbocycles. The molecule has 6 nitrogen and oxygen atoms in total. The number of hydrogen-bond acceptors (Lipinski definition) is 5. The van der Waals surface area contributed by atoms with Gasteiger partial charge in [0.15, 0.2) is 13.2 Å². The molecule has 0 atom stereocenters. The molecule has 0 aliphatic carbocycles. The van der Waals surface area contributed by atoms with Crippen LogP contribution in [0.5, 0.6) is 5.75 Å². The van der Waals surface area contributed by atoms with Gasteiger partial charge in [-0.05, 0) is 48.7 Å². The molecule has 6 heteroatoms.